The lowest BCUT2D eigenvalue weighted by atomic mass is 10.2. The van der Waals surface area contributed by atoms with Crippen LogP contribution in [0, 0.1) is 0 Å². The van der Waals surface area contributed by atoms with Crippen LogP contribution in [0.4, 0.5) is 33.0 Å². The van der Waals surface area contributed by atoms with Crippen LogP contribution >= 0.6 is 22.7 Å². The van der Waals surface area contributed by atoms with Crippen molar-refractivity contribution in [2.24, 2.45) is 20.5 Å². The second-order valence-electron chi connectivity index (χ2n) is 8.00. The highest BCUT2D eigenvalue weighted by atomic mass is 35.5. The summed E-state index contributed by atoms with van der Waals surface area (Å²) in [6.07, 6.45) is 6.21. The summed E-state index contributed by atoms with van der Waals surface area (Å²) in [5, 5.41) is 30.2. The molecule has 0 saturated heterocycles. The summed E-state index contributed by atoms with van der Waals surface area (Å²) in [6.45, 7) is 7.84. The molecular weight excluding hydrogens is 559 g/mol. The van der Waals surface area contributed by atoms with Crippen molar-refractivity contribution in [1.82, 2.24) is 0 Å². The minimum absolute atomic E-state index is 0. The van der Waals surface area contributed by atoms with E-state index in [1.54, 1.807) is 22.7 Å². The number of halogens is 2. The zero-order valence-corrected chi connectivity index (χ0v) is 24.6. The van der Waals surface area contributed by atoms with Crippen molar-refractivity contribution in [2.75, 3.05) is 23.7 Å². The van der Waals surface area contributed by atoms with Gasteiger partial charge in [0.2, 0.25) is 0 Å². The number of benzene rings is 2. The summed E-state index contributed by atoms with van der Waals surface area (Å²) >= 11 is 3.18. The van der Waals surface area contributed by atoms with Gasteiger partial charge in [-0.3, -0.25) is 0 Å². The fourth-order valence-corrected chi connectivity index (χ4v) is 4.93. The molecule has 38 heavy (non-hydrogen) atoms. The summed E-state index contributed by atoms with van der Waals surface area (Å²) in [4.78, 5) is 0. The van der Waals surface area contributed by atoms with Gasteiger partial charge in [0, 0.05) is 35.2 Å². The number of nitrogens with one attached hydrogen (secondary N) is 2. The van der Waals surface area contributed by atoms with Gasteiger partial charge in [0.1, 0.15) is 23.8 Å². The summed E-state index contributed by atoms with van der Waals surface area (Å²) in [7, 11) is 0. The number of thiazole rings is 2. The van der Waals surface area contributed by atoms with E-state index in [1.165, 1.54) is 0 Å². The monoisotopic (exact) mass is 590 g/mol. The van der Waals surface area contributed by atoms with E-state index in [4.69, 9.17) is 0 Å². The maximum absolute atomic E-state index is 4.36. The molecule has 0 atom stereocenters. The van der Waals surface area contributed by atoms with Crippen molar-refractivity contribution in [3.05, 3.63) is 71.7 Å². The lowest BCUT2D eigenvalue weighted by Gasteiger charge is -2.08. The Morgan fingerprint density at radius 1 is 0.605 bits per heavy atom. The maximum atomic E-state index is 4.36. The van der Waals surface area contributed by atoms with Crippen LogP contribution in [-0.4, -0.2) is 13.1 Å². The zero-order chi connectivity index (χ0) is 25.0. The van der Waals surface area contributed by atoms with Crippen molar-refractivity contribution >= 4 is 55.7 Å². The van der Waals surface area contributed by atoms with Gasteiger partial charge in [0.15, 0.2) is 0 Å². The third-order valence-electron chi connectivity index (χ3n) is 5.50. The molecule has 0 fully saturated rings. The van der Waals surface area contributed by atoms with Gasteiger partial charge in [-0.05, 0) is 108 Å². The molecule has 0 amide bonds. The van der Waals surface area contributed by atoms with Crippen LogP contribution in [-0.2, 0) is 13.1 Å². The lowest BCUT2D eigenvalue weighted by Crippen LogP contribution is -3.00. The number of aromatic nitrogens is 2. The highest BCUT2D eigenvalue weighted by Crippen LogP contribution is 2.22. The number of anilines is 2. The van der Waals surface area contributed by atoms with Gasteiger partial charge in [-0.15, -0.1) is 0 Å². The Labute approximate surface area is 244 Å². The predicted octanol–water partition coefficient (Wildman–Crippen LogP) is 1.57. The van der Waals surface area contributed by atoms with Gasteiger partial charge in [0.05, 0.1) is 23.3 Å². The molecule has 4 aromatic rings. The third kappa shape index (κ3) is 9.43. The van der Waals surface area contributed by atoms with Crippen molar-refractivity contribution < 1.29 is 33.9 Å². The molecule has 2 N–H and O–H groups in total. The van der Waals surface area contributed by atoms with Gasteiger partial charge in [-0.1, -0.05) is 0 Å². The molecular formula is C26H32Cl2N8S2. The molecule has 0 aliphatic carbocycles. The van der Waals surface area contributed by atoms with Crippen molar-refractivity contribution in [2.45, 2.75) is 39.8 Å². The second-order valence-corrected chi connectivity index (χ2v) is 9.74. The van der Waals surface area contributed by atoms with Crippen molar-refractivity contribution in [3.8, 4) is 0 Å². The average Bonchev–Trinajstić information content (AvgIpc) is 3.58. The Bertz CT molecular complexity index is 1170. The molecule has 8 nitrogen and oxygen atoms in total. The summed E-state index contributed by atoms with van der Waals surface area (Å²) in [5.74, 6) is 0. The molecule has 12 heteroatoms. The molecule has 0 radical (unpaired) electrons. The standard InChI is InChI=1S/C26H30N8S2.2ClH/c1-3-33-17-19-35-25(33)31-29-23-11-7-21(8-12-23)27-15-5-6-16-28-22-9-13-24(14-10-22)30-32-26-34(4-2)18-20-36-26;;/h7-14,17-20H,3-6,15-16H2,1-2H3;2*1H. The number of hydrogen-bond donors (Lipinski definition) is 2. The topological polar surface area (TPSA) is 81.3 Å². The van der Waals surface area contributed by atoms with E-state index in [9.17, 15) is 0 Å². The summed E-state index contributed by atoms with van der Waals surface area (Å²) in [6, 6.07) is 16.2. The molecule has 2 aromatic carbocycles. The minimum atomic E-state index is 0. The molecule has 0 spiro atoms. The van der Waals surface area contributed by atoms with Crippen LogP contribution in [0.25, 0.3) is 0 Å². The van der Waals surface area contributed by atoms with Crippen LogP contribution in [0.3, 0.4) is 0 Å². The van der Waals surface area contributed by atoms with E-state index in [2.05, 4.69) is 54.1 Å². The third-order valence-corrected chi connectivity index (χ3v) is 7.07. The minimum Gasteiger partial charge on any atom is -1.00 e. The highest BCUT2D eigenvalue weighted by Gasteiger charge is 2.10. The predicted molar refractivity (Wildman–Crippen MR) is 148 cm³/mol. The first kappa shape index (κ1) is 31.3. The Morgan fingerprint density at radius 3 is 1.37 bits per heavy atom. The van der Waals surface area contributed by atoms with Gasteiger partial charge in [-0.2, -0.15) is 0 Å². The van der Waals surface area contributed by atoms with E-state index in [0.29, 0.717) is 0 Å². The smallest absolute Gasteiger partial charge is 0.408 e. The number of unbranched alkanes of at least 4 members (excludes halogenated alkanes) is 1. The van der Waals surface area contributed by atoms with Crippen LogP contribution < -0.4 is 44.6 Å². The molecule has 0 bridgehead atoms. The number of rotatable bonds is 13. The van der Waals surface area contributed by atoms with Gasteiger partial charge in [0.25, 0.3) is 0 Å². The quantitative estimate of drug-likeness (QED) is 0.141. The van der Waals surface area contributed by atoms with Crippen LogP contribution in [0.15, 0.2) is 92.1 Å². The lowest BCUT2D eigenvalue weighted by molar-refractivity contribution is -0.677. The van der Waals surface area contributed by atoms with Crippen molar-refractivity contribution in [1.29, 1.82) is 0 Å². The molecule has 0 aliphatic rings. The van der Waals surface area contributed by atoms with Crippen LogP contribution in [0.5, 0.6) is 0 Å². The number of azo groups is 2. The molecule has 2 heterocycles. The number of aryl methyl sites for hydroxylation is 2. The Balaban J connectivity index is 0.00000253. The normalized spacial score (nSPS) is 10.9. The summed E-state index contributed by atoms with van der Waals surface area (Å²) < 4.78 is 4.16. The Hall–Kier alpha value is -2.92. The number of hydrogen-bond acceptors (Lipinski definition) is 8. The molecule has 4 rings (SSSR count). The Kier molecular flexibility index (Phi) is 13.9. The molecule has 2 aromatic heterocycles. The van der Waals surface area contributed by atoms with Crippen LogP contribution in [0.2, 0.25) is 0 Å². The average molecular weight is 592 g/mol. The molecule has 0 unspecified atom stereocenters. The largest absolute Gasteiger partial charge is 1.00 e. The Morgan fingerprint density at radius 2 is 1.00 bits per heavy atom. The molecule has 0 aliphatic heterocycles. The van der Waals surface area contributed by atoms with E-state index in [1.807, 2.05) is 71.7 Å². The maximum Gasteiger partial charge on any atom is 0.408 e. The van der Waals surface area contributed by atoms with Gasteiger partial charge < -0.3 is 35.4 Å². The fraction of sp³-hybridized carbons (Fsp3) is 0.308. The first-order valence-corrected chi connectivity index (χ1v) is 14.0. The zero-order valence-electron chi connectivity index (χ0n) is 21.4. The SMILES string of the molecule is CC[n+]1ccsc1N=Nc1ccc(NCCCCNc2ccc(N=Nc3scc[n+]3CC)cc2)cc1.[Cl-].[Cl-]. The van der Waals surface area contributed by atoms with E-state index in [0.717, 1.165) is 72.0 Å². The van der Waals surface area contributed by atoms with E-state index >= 15 is 0 Å². The van der Waals surface area contributed by atoms with Gasteiger partial charge in [-0.25, -0.2) is 9.13 Å². The van der Waals surface area contributed by atoms with Gasteiger partial charge >= 0.3 is 10.3 Å². The molecule has 202 valence electrons. The first-order chi connectivity index (χ1) is 17.7. The first-order valence-electron chi connectivity index (χ1n) is 12.2. The highest BCUT2D eigenvalue weighted by molar-refractivity contribution is 7.13. The van der Waals surface area contributed by atoms with Crippen molar-refractivity contribution in [3.63, 3.8) is 0 Å². The number of nitrogens with zero attached hydrogens (tertiary/aromatic N) is 6. The molecule has 0 saturated carbocycles. The van der Waals surface area contributed by atoms with E-state index in [-0.39, 0.29) is 24.8 Å². The fourth-order valence-electron chi connectivity index (χ4n) is 3.44. The summed E-state index contributed by atoms with van der Waals surface area (Å²) in [5.41, 5.74) is 3.89. The van der Waals surface area contributed by atoms with Crippen LogP contribution in [0.1, 0.15) is 26.7 Å². The van der Waals surface area contributed by atoms with E-state index < -0.39 is 0 Å². The second kappa shape index (κ2) is 16.8.